The van der Waals surface area contributed by atoms with Crippen molar-refractivity contribution in [3.05, 3.63) is 42.0 Å². The van der Waals surface area contributed by atoms with Crippen LogP contribution in [0.15, 0.2) is 36.4 Å². The van der Waals surface area contributed by atoms with E-state index < -0.39 is 0 Å². The number of ether oxygens (including phenoxy) is 1. The van der Waals surface area contributed by atoms with Gasteiger partial charge in [0.25, 0.3) is 5.91 Å². The zero-order valence-electron chi connectivity index (χ0n) is 17.2. The van der Waals surface area contributed by atoms with Crippen LogP contribution in [0.3, 0.4) is 0 Å². The number of nitrogen functional groups attached to an aromatic ring is 1. The van der Waals surface area contributed by atoms with Gasteiger partial charge in [0.2, 0.25) is 5.95 Å². The largest absolute Gasteiger partial charge is 0.383 e. The van der Waals surface area contributed by atoms with E-state index in [1.807, 2.05) is 36.4 Å². The predicted molar refractivity (Wildman–Crippen MR) is 118 cm³/mol. The average molecular weight is 416 g/mol. The van der Waals surface area contributed by atoms with Crippen LogP contribution >= 0.6 is 0 Å². The Labute approximate surface area is 179 Å². The first kappa shape index (κ1) is 18.5. The van der Waals surface area contributed by atoms with E-state index >= 15 is 0 Å². The predicted octanol–water partition coefficient (Wildman–Crippen LogP) is 2.54. The minimum absolute atomic E-state index is 0.0257. The van der Waals surface area contributed by atoms with Crippen molar-refractivity contribution < 1.29 is 9.53 Å². The number of morpholine rings is 1. The monoisotopic (exact) mass is 416 g/mol. The minimum Gasteiger partial charge on any atom is -0.383 e. The smallest absolute Gasteiger partial charge is 0.251 e. The molecule has 1 saturated heterocycles. The van der Waals surface area contributed by atoms with Crippen molar-refractivity contribution in [3.8, 4) is 11.3 Å². The second kappa shape index (κ2) is 6.88. The molecule has 1 spiro atoms. The number of hydrogen-bond acceptors (Lipinski definition) is 7. The molecule has 0 unspecified atom stereocenters. The molecule has 1 aliphatic heterocycles. The van der Waals surface area contributed by atoms with Crippen molar-refractivity contribution >= 4 is 28.7 Å². The third kappa shape index (κ3) is 3.57. The van der Waals surface area contributed by atoms with Crippen LogP contribution in [0, 0.1) is 0 Å². The molecular weight excluding hydrogens is 392 g/mol. The standard InChI is InChI=1S/C23H24N6O2/c24-19-17-6-7-18(14-2-1-3-15(12-14)21(30)25-16-4-5-16)26-20(17)28-22(27-19)29-10-11-31-23(13-29)8-9-23/h1-3,6-7,12,16H,4-5,8-11,13H2,(H,25,30)(H2,24,26,27,28). The molecule has 2 aliphatic carbocycles. The van der Waals surface area contributed by atoms with Gasteiger partial charge in [-0.1, -0.05) is 12.1 Å². The summed E-state index contributed by atoms with van der Waals surface area (Å²) >= 11 is 0. The number of pyridine rings is 1. The molecule has 3 N–H and O–H groups in total. The quantitative estimate of drug-likeness (QED) is 0.673. The third-order valence-electron chi connectivity index (χ3n) is 6.25. The summed E-state index contributed by atoms with van der Waals surface area (Å²) < 4.78 is 5.90. The summed E-state index contributed by atoms with van der Waals surface area (Å²) in [6.07, 6.45) is 4.29. The summed E-state index contributed by atoms with van der Waals surface area (Å²) in [6, 6.07) is 11.6. The number of hydrogen-bond donors (Lipinski definition) is 2. The Balaban J connectivity index is 1.33. The summed E-state index contributed by atoms with van der Waals surface area (Å²) in [5.41, 5.74) is 9.04. The molecule has 3 heterocycles. The number of fused-ring (bicyclic) bond motifs is 1. The molecule has 3 aromatic rings. The van der Waals surface area contributed by atoms with E-state index in [0.717, 1.165) is 55.4 Å². The van der Waals surface area contributed by atoms with Gasteiger partial charge in [0.15, 0.2) is 5.65 Å². The van der Waals surface area contributed by atoms with E-state index in [9.17, 15) is 4.79 Å². The highest BCUT2D eigenvalue weighted by atomic mass is 16.5. The maximum Gasteiger partial charge on any atom is 0.251 e. The van der Waals surface area contributed by atoms with Crippen LogP contribution < -0.4 is 16.0 Å². The lowest BCUT2D eigenvalue weighted by Crippen LogP contribution is -2.44. The molecule has 2 saturated carbocycles. The summed E-state index contributed by atoms with van der Waals surface area (Å²) in [6.45, 7) is 2.20. The molecule has 1 amide bonds. The highest BCUT2D eigenvalue weighted by Crippen LogP contribution is 2.42. The van der Waals surface area contributed by atoms with Gasteiger partial charge in [-0.3, -0.25) is 4.79 Å². The van der Waals surface area contributed by atoms with Gasteiger partial charge in [-0.15, -0.1) is 0 Å². The number of nitrogens with two attached hydrogens (primary N) is 1. The number of rotatable bonds is 4. The van der Waals surface area contributed by atoms with E-state index in [1.165, 1.54) is 0 Å². The summed E-state index contributed by atoms with van der Waals surface area (Å²) in [5.74, 6) is 0.982. The lowest BCUT2D eigenvalue weighted by Gasteiger charge is -2.33. The van der Waals surface area contributed by atoms with Crippen LogP contribution in [0.25, 0.3) is 22.3 Å². The fourth-order valence-corrected chi connectivity index (χ4v) is 4.10. The molecule has 3 aliphatic rings. The second-order valence-corrected chi connectivity index (χ2v) is 8.76. The third-order valence-corrected chi connectivity index (χ3v) is 6.25. The van der Waals surface area contributed by atoms with E-state index in [0.29, 0.717) is 35.6 Å². The Bertz CT molecular complexity index is 1190. The van der Waals surface area contributed by atoms with E-state index in [4.69, 9.17) is 20.4 Å². The van der Waals surface area contributed by atoms with Gasteiger partial charge >= 0.3 is 0 Å². The second-order valence-electron chi connectivity index (χ2n) is 8.76. The fourth-order valence-electron chi connectivity index (χ4n) is 4.10. The van der Waals surface area contributed by atoms with Crippen LogP contribution in [0.5, 0.6) is 0 Å². The van der Waals surface area contributed by atoms with Crippen LogP contribution in [0.4, 0.5) is 11.8 Å². The Morgan fingerprint density at radius 1 is 1.16 bits per heavy atom. The van der Waals surface area contributed by atoms with Crippen molar-refractivity contribution in [2.45, 2.75) is 37.3 Å². The molecular formula is C23H24N6O2. The summed E-state index contributed by atoms with van der Waals surface area (Å²) in [5, 5.41) is 3.76. The molecule has 0 bridgehead atoms. The van der Waals surface area contributed by atoms with Crippen molar-refractivity contribution in [1.29, 1.82) is 0 Å². The maximum absolute atomic E-state index is 12.4. The molecule has 1 aromatic carbocycles. The highest BCUT2D eigenvalue weighted by Gasteiger charge is 2.48. The maximum atomic E-state index is 12.4. The Kier molecular flexibility index (Phi) is 4.11. The minimum atomic E-state index is -0.0414. The zero-order valence-corrected chi connectivity index (χ0v) is 17.2. The molecule has 2 aromatic heterocycles. The number of amides is 1. The molecule has 0 atom stereocenters. The van der Waals surface area contributed by atoms with Crippen LogP contribution in [0.1, 0.15) is 36.0 Å². The topological polar surface area (TPSA) is 106 Å². The van der Waals surface area contributed by atoms with Crippen LogP contribution in [-0.4, -0.2) is 52.2 Å². The van der Waals surface area contributed by atoms with Gasteiger partial charge in [-0.25, -0.2) is 4.98 Å². The number of anilines is 2. The SMILES string of the molecule is Nc1nc(N2CCOC3(CC3)C2)nc2nc(-c3cccc(C(=O)NC4CC4)c3)ccc12. The first-order chi connectivity index (χ1) is 15.1. The van der Waals surface area contributed by atoms with Gasteiger partial charge in [0.05, 0.1) is 23.3 Å². The number of benzene rings is 1. The number of nitrogens with one attached hydrogen (secondary N) is 1. The van der Waals surface area contributed by atoms with E-state index in [-0.39, 0.29) is 11.5 Å². The van der Waals surface area contributed by atoms with Crippen molar-refractivity contribution in [2.24, 2.45) is 0 Å². The lowest BCUT2D eigenvalue weighted by molar-refractivity contribution is 0.0201. The van der Waals surface area contributed by atoms with Gasteiger partial charge in [0, 0.05) is 30.3 Å². The van der Waals surface area contributed by atoms with Gasteiger partial charge < -0.3 is 20.7 Å². The Morgan fingerprint density at radius 2 is 2.03 bits per heavy atom. The Morgan fingerprint density at radius 3 is 2.84 bits per heavy atom. The molecule has 0 radical (unpaired) electrons. The van der Waals surface area contributed by atoms with Crippen molar-refractivity contribution in [2.75, 3.05) is 30.3 Å². The molecule has 3 fully saturated rings. The van der Waals surface area contributed by atoms with Gasteiger partial charge in [-0.05, 0) is 49.9 Å². The highest BCUT2D eigenvalue weighted by molar-refractivity contribution is 5.96. The first-order valence-electron chi connectivity index (χ1n) is 10.8. The van der Waals surface area contributed by atoms with Gasteiger partial charge in [0.1, 0.15) is 5.82 Å². The lowest BCUT2D eigenvalue weighted by atomic mass is 10.1. The first-order valence-corrected chi connectivity index (χ1v) is 10.8. The van der Waals surface area contributed by atoms with Crippen molar-refractivity contribution in [1.82, 2.24) is 20.3 Å². The molecule has 31 heavy (non-hydrogen) atoms. The fraction of sp³-hybridized carbons (Fsp3) is 0.391. The summed E-state index contributed by atoms with van der Waals surface area (Å²) in [4.78, 5) is 28.6. The molecule has 8 heteroatoms. The molecule has 158 valence electrons. The zero-order chi connectivity index (χ0) is 21.0. The van der Waals surface area contributed by atoms with Crippen LogP contribution in [-0.2, 0) is 4.74 Å². The van der Waals surface area contributed by atoms with Crippen molar-refractivity contribution in [3.63, 3.8) is 0 Å². The Hall–Kier alpha value is -3.26. The summed E-state index contributed by atoms with van der Waals surface area (Å²) in [7, 11) is 0. The number of carbonyl (C=O) groups excluding carboxylic acids is 1. The molecule has 8 nitrogen and oxygen atoms in total. The van der Waals surface area contributed by atoms with Gasteiger partial charge in [-0.2, -0.15) is 9.97 Å². The van der Waals surface area contributed by atoms with Crippen LogP contribution in [0.2, 0.25) is 0 Å². The van der Waals surface area contributed by atoms with E-state index in [1.54, 1.807) is 0 Å². The normalized spacial score (nSPS) is 19.5. The average Bonchev–Trinajstić information content (AvgIpc) is 3.73. The number of carbonyl (C=O) groups is 1. The number of nitrogens with zero attached hydrogens (tertiary/aromatic N) is 4. The number of aromatic nitrogens is 3. The van der Waals surface area contributed by atoms with E-state index in [2.05, 4.69) is 15.2 Å². The molecule has 6 rings (SSSR count).